The van der Waals surface area contributed by atoms with Gasteiger partial charge in [-0.15, -0.1) is 0 Å². The van der Waals surface area contributed by atoms with Gasteiger partial charge in [-0.1, -0.05) is 0 Å². The zero-order valence-electron chi connectivity index (χ0n) is 12.8. The van der Waals surface area contributed by atoms with Crippen molar-refractivity contribution in [3.63, 3.8) is 0 Å². The summed E-state index contributed by atoms with van der Waals surface area (Å²) in [5.41, 5.74) is 0.705. The fraction of sp³-hybridized carbons (Fsp3) is 0.267. The predicted molar refractivity (Wildman–Crippen MR) is 97.7 cm³/mol. The second kappa shape index (κ2) is 8.17. The molecular weight excluding hydrogens is 466 g/mol. The SMILES string of the molecule is CCOC(=O)CN1C(=O)S/C(=C\c2cc(Br)c(OC)c(Br)c2)C1=O. The first kappa shape index (κ1) is 19.0. The largest absolute Gasteiger partial charge is 0.494 e. The van der Waals surface area contributed by atoms with Crippen LogP contribution in [0, 0.1) is 0 Å². The second-order valence-electron chi connectivity index (χ2n) is 4.59. The zero-order valence-corrected chi connectivity index (χ0v) is 16.8. The number of nitrogens with zero attached hydrogens (tertiary/aromatic N) is 1. The number of ether oxygens (including phenoxy) is 2. The van der Waals surface area contributed by atoms with Gasteiger partial charge in [0, 0.05) is 0 Å². The van der Waals surface area contributed by atoms with E-state index in [1.54, 1.807) is 32.2 Å². The van der Waals surface area contributed by atoms with Crippen LogP contribution >= 0.6 is 43.6 Å². The van der Waals surface area contributed by atoms with Crippen LogP contribution in [0.4, 0.5) is 4.79 Å². The molecule has 1 aromatic rings. The van der Waals surface area contributed by atoms with Gasteiger partial charge in [0.1, 0.15) is 12.3 Å². The van der Waals surface area contributed by atoms with Gasteiger partial charge in [-0.3, -0.25) is 19.3 Å². The van der Waals surface area contributed by atoms with E-state index < -0.39 is 17.1 Å². The van der Waals surface area contributed by atoms with Crippen LogP contribution in [0.1, 0.15) is 12.5 Å². The summed E-state index contributed by atoms with van der Waals surface area (Å²) in [6.45, 7) is 1.47. The van der Waals surface area contributed by atoms with E-state index in [4.69, 9.17) is 9.47 Å². The Labute approximate surface area is 159 Å². The highest BCUT2D eigenvalue weighted by Gasteiger charge is 2.36. The summed E-state index contributed by atoms with van der Waals surface area (Å²) in [4.78, 5) is 36.9. The number of esters is 1. The number of carbonyl (C=O) groups excluding carboxylic acids is 3. The molecule has 24 heavy (non-hydrogen) atoms. The quantitative estimate of drug-likeness (QED) is 0.473. The lowest BCUT2D eigenvalue weighted by Gasteiger charge is -2.10. The van der Waals surface area contributed by atoms with Crippen molar-refractivity contribution in [2.24, 2.45) is 0 Å². The molecule has 9 heteroatoms. The van der Waals surface area contributed by atoms with E-state index in [-0.39, 0.29) is 18.1 Å². The topological polar surface area (TPSA) is 72.9 Å². The standard InChI is InChI=1S/C15H13Br2NO5S/c1-3-23-12(19)7-18-14(20)11(24-15(18)21)6-8-4-9(16)13(22-2)10(17)5-8/h4-6H,3,7H2,1-2H3/b11-6-. The van der Waals surface area contributed by atoms with E-state index in [0.29, 0.717) is 20.3 Å². The molecule has 1 aromatic carbocycles. The van der Waals surface area contributed by atoms with Gasteiger partial charge in [0.15, 0.2) is 0 Å². The van der Waals surface area contributed by atoms with Crippen molar-refractivity contribution in [2.45, 2.75) is 6.92 Å². The summed E-state index contributed by atoms with van der Waals surface area (Å²) in [7, 11) is 1.55. The lowest BCUT2D eigenvalue weighted by Crippen LogP contribution is -2.34. The Morgan fingerprint density at radius 1 is 1.29 bits per heavy atom. The number of imide groups is 1. The van der Waals surface area contributed by atoms with Gasteiger partial charge in [-0.05, 0) is 74.3 Å². The normalized spacial score (nSPS) is 16.0. The number of methoxy groups -OCH3 is 1. The summed E-state index contributed by atoms with van der Waals surface area (Å²) in [5, 5.41) is -0.494. The molecule has 1 aliphatic heterocycles. The summed E-state index contributed by atoms with van der Waals surface area (Å²) in [6, 6.07) is 3.53. The Morgan fingerprint density at radius 3 is 2.46 bits per heavy atom. The van der Waals surface area contributed by atoms with Crippen molar-refractivity contribution >= 4 is 66.8 Å². The number of halogens is 2. The smallest absolute Gasteiger partial charge is 0.326 e. The zero-order chi connectivity index (χ0) is 17.9. The summed E-state index contributed by atoms with van der Waals surface area (Å²) < 4.78 is 11.4. The average molecular weight is 479 g/mol. The monoisotopic (exact) mass is 477 g/mol. The van der Waals surface area contributed by atoms with E-state index in [1.165, 1.54) is 0 Å². The third-order valence-electron chi connectivity index (χ3n) is 2.99. The first-order valence-corrected chi connectivity index (χ1v) is 9.21. The van der Waals surface area contributed by atoms with E-state index in [1.807, 2.05) is 0 Å². The molecule has 0 unspecified atom stereocenters. The Hall–Kier alpha value is -1.32. The molecule has 1 fully saturated rings. The molecule has 0 radical (unpaired) electrons. The van der Waals surface area contributed by atoms with Crippen molar-refractivity contribution < 1.29 is 23.9 Å². The lowest BCUT2D eigenvalue weighted by atomic mass is 10.2. The molecule has 0 spiro atoms. The minimum absolute atomic E-state index is 0.193. The number of hydrogen-bond donors (Lipinski definition) is 0. The van der Waals surface area contributed by atoms with E-state index >= 15 is 0 Å². The maximum absolute atomic E-state index is 12.3. The van der Waals surface area contributed by atoms with Crippen LogP contribution in [0.15, 0.2) is 26.0 Å². The Bertz CT molecular complexity index is 712. The molecule has 1 aliphatic rings. The molecule has 1 saturated heterocycles. The fourth-order valence-corrected chi connectivity index (χ4v) is 4.37. The molecule has 0 bridgehead atoms. The highest BCUT2D eigenvalue weighted by Crippen LogP contribution is 2.37. The van der Waals surface area contributed by atoms with Gasteiger partial charge in [0.25, 0.3) is 11.1 Å². The fourth-order valence-electron chi connectivity index (χ4n) is 1.98. The number of carbonyl (C=O) groups is 3. The second-order valence-corrected chi connectivity index (χ2v) is 7.29. The van der Waals surface area contributed by atoms with Crippen LogP contribution in [0.5, 0.6) is 5.75 Å². The molecule has 0 aliphatic carbocycles. The van der Waals surface area contributed by atoms with E-state index in [2.05, 4.69) is 31.9 Å². The molecular formula is C15H13Br2NO5S. The number of hydrogen-bond acceptors (Lipinski definition) is 6. The summed E-state index contributed by atoms with van der Waals surface area (Å²) >= 11 is 7.55. The van der Waals surface area contributed by atoms with Gasteiger partial charge in [-0.25, -0.2) is 0 Å². The van der Waals surface area contributed by atoms with Crippen LogP contribution in [0.2, 0.25) is 0 Å². The number of amides is 2. The third-order valence-corrected chi connectivity index (χ3v) is 5.07. The van der Waals surface area contributed by atoms with Crippen LogP contribution in [0.25, 0.3) is 6.08 Å². The van der Waals surface area contributed by atoms with Crippen molar-refractivity contribution in [3.05, 3.63) is 31.5 Å². The van der Waals surface area contributed by atoms with Gasteiger partial charge in [-0.2, -0.15) is 0 Å². The summed E-state index contributed by atoms with van der Waals surface area (Å²) in [5.74, 6) is -0.500. The first-order chi connectivity index (χ1) is 11.4. The summed E-state index contributed by atoms with van der Waals surface area (Å²) in [6.07, 6.45) is 1.59. The number of benzene rings is 1. The van der Waals surface area contributed by atoms with Gasteiger partial charge >= 0.3 is 5.97 Å². The predicted octanol–water partition coefficient (Wildman–Crippen LogP) is 3.82. The minimum Gasteiger partial charge on any atom is -0.494 e. The van der Waals surface area contributed by atoms with Crippen LogP contribution in [0.3, 0.4) is 0 Å². The van der Waals surface area contributed by atoms with Crippen LogP contribution in [-0.4, -0.2) is 42.3 Å². The van der Waals surface area contributed by atoms with E-state index in [9.17, 15) is 14.4 Å². The highest BCUT2D eigenvalue weighted by atomic mass is 79.9. The molecule has 2 rings (SSSR count). The molecule has 0 N–H and O–H groups in total. The average Bonchev–Trinajstić information content (AvgIpc) is 2.75. The molecule has 128 valence electrons. The molecule has 0 aromatic heterocycles. The molecule has 1 heterocycles. The Morgan fingerprint density at radius 2 is 1.92 bits per heavy atom. The van der Waals surface area contributed by atoms with Gasteiger partial charge < -0.3 is 9.47 Å². The molecule has 0 saturated carbocycles. The number of thioether (sulfide) groups is 1. The van der Waals surface area contributed by atoms with Crippen LogP contribution in [-0.2, 0) is 14.3 Å². The van der Waals surface area contributed by atoms with Gasteiger partial charge in [0.2, 0.25) is 0 Å². The lowest BCUT2D eigenvalue weighted by molar-refractivity contribution is -0.145. The van der Waals surface area contributed by atoms with Crippen LogP contribution < -0.4 is 4.74 Å². The Kier molecular flexibility index (Phi) is 6.47. The van der Waals surface area contributed by atoms with Crippen molar-refractivity contribution in [1.29, 1.82) is 0 Å². The van der Waals surface area contributed by atoms with Crippen molar-refractivity contribution in [3.8, 4) is 5.75 Å². The maximum atomic E-state index is 12.3. The van der Waals surface area contributed by atoms with Crippen molar-refractivity contribution in [2.75, 3.05) is 20.3 Å². The Balaban J connectivity index is 2.24. The van der Waals surface area contributed by atoms with Gasteiger partial charge in [0.05, 0.1) is 27.6 Å². The third kappa shape index (κ3) is 4.20. The molecule has 6 nitrogen and oxygen atoms in total. The minimum atomic E-state index is -0.615. The molecule has 0 atom stereocenters. The van der Waals surface area contributed by atoms with E-state index in [0.717, 1.165) is 16.7 Å². The maximum Gasteiger partial charge on any atom is 0.326 e. The van der Waals surface area contributed by atoms with Crippen molar-refractivity contribution in [1.82, 2.24) is 4.90 Å². The highest BCUT2D eigenvalue weighted by molar-refractivity contribution is 9.11. The number of rotatable bonds is 5. The molecule has 2 amide bonds. The first-order valence-electron chi connectivity index (χ1n) is 6.81.